The number of carbonyl (C=O) groups is 1. The molecule has 0 aromatic rings. The second-order valence-electron chi connectivity index (χ2n) is 3.26. The van der Waals surface area contributed by atoms with E-state index in [1.807, 2.05) is 23.5 Å². The smallest absolute Gasteiger partial charge is 0.305 e. The predicted molar refractivity (Wildman–Crippen MR) is 59.2 cm³/mol. The van der Waals surface area contributed by atoms with E-state index in [9.17, 15) is 4.79 Å². The Morgan fingerprint density at radius 1 is 1.46 bits per heavy atom. The summed E-state index contributed by atoms with van der Waals surface area (Å²) in [4.78, 5) is 10.9. The molecule has 1 fully saturated rings. The Hall–Kier alpha value is 0.170. The minimum absolute atomic E-state index is 0.0865. The molecule has 0 amide bonds. The minimum atomic E-state index is -0.0865. The molecule has 13 heavy (non-hydrogen) atoms. The number of hydrogen-bond acceptors (Lipinski definition) is 4. The van der Waals surface area contributed by atoms with Crippen molar-refractivity contribution in [1.29, 1.82) is 0 Å². The predicted octanol–water partition coefficient (Wildman–Crippen LogP) is 2.53. The Morgan fingerprint density at radius 2 is 2.08 bits per heavy atom. The molecule has 0 N–H and O–H groups in total. The SMILES string of the molecule is COC(=O)CCCC1(C)SCCS1. The molecule has 0 bridgehead atoms. The molecule has 0 atom stereocenters. The number of esters is 1. The van der Waals surface area contributed by atoms with Crippen LogP contribution in [0.2, 0.25) is 0 Å². The zero-order chi connectivity index (χ0) is 9.73. The largest absolute Gasteiger partial charge is 0.469 e. The monoisotopic (exact) mass is 220 g/mol. The molecule has 1 aliphatic rings. The van der Waals surface area contributed by atoms with Gasteiger partial charge in [-0.05, 0) is 19.8 Å². The van der Waals surface area contributed by atoms with Gasteiger partial charge in [0.25, 0.3) is 0 Å². The summed E-state index contributed by atoms with van der Waals surface area (Å²) in [7, 11) is 1.45. The Kier molecular flexibility index (Phi) is 4.46. The molecule has 0 saturated carbocycles. The highest BCUT2D eigenvalue weighted by Gasteiger charge is 2.29. The standard InChI is InChI=1S/C9H16O2S2/c1-9(12-6-7-13-9)5-3-4-8(10)11-2/h3-7H2,1-2H3. The summed E-state index contributed by atoms with van der Waals surface area (Å²) >= 11 is 4.03. The fourth-order valence-electron chi connectivity index (χ4n) is 1.36. The lowest BCUT2D eigenvalue weighted by molar-refractivity contribution is -0.140. The van der Waals surface area contributed by atoms with Gasteiger partial charge in [0.1, 0.15) is 0 Å². The maximum atomic E-state index is 10.9. The van der Waals surface area contributed by atoms with Gasteiger partial charge in [-0.3, -0.25) is 4.79 Å². The van der Waals surface area contributed by atoms with Gasteiger partial charge in [0.15, 0.2) is 0 Å². The van der Waals surface area contributed by atoms with Crippen LogP contribution in [0.1, 0.15) is 26.2 Å². The van der Waals surface area contributed by atoms with Crippen LogP contribution in [0.5, 0.6) is 0 Å². The van der Waals surface area contributed by atoms with Gasteiger partial charge in [0.2, 0.25) is 0 Å². The first kappa shape index (κ1) is 11.2. The van der Waals surface area contributed by atoms with E-state index in [0.717, 1.165) is 12.8 Å². The summed E-state index contributed by atoms with van der Waals surface area (Å²) in [6, 6.07) is 0. The average Bonchev–Trinajstić information content (AvgIpc) is 2.52. The molecule has 0 aromatic carbocycles. The lowest BCUT2D eigenvalue weighted by Crippen LogP contribution is -2.12. The van der Waals surface area contributed by atoms with Crippen LogP contribution in [0.4, 0.5) is 0 Å². The Labute approximate surface area is 88.2 Å². The van der Waals surface area contributed by atoms with Crippen LogP contribution in [-0.4, -0.2) is 28.7 Å². The molecule has 0 aliphatic carbocycles. The average molecular weight is 220 g/mol. The van der Waals surface area contributed by atoms with Crippen molar-refractivity contribution >= 4 is 29.5 Å². The molecular formula is C9H16O2S2. The van der Waals surface area contributed by atoms with Crippen LogP contribution in [-0.2, 0) is 9.53 Å². The van der Waals surface area contributed by atoms with E-state index in [1.165, 1.54) is 18.6 Å². The molecular weight excluding hydrogens is 204 g/mol. The van der Waals surface area contributed by atoms with Crippen LogP contribution in [0.25, 0.3) is 0 Å². The molecule has 4 heteroatoms. The van der Waals surface area contributed by atoms with E-state index < -0.39 is 0 Å². The number of hydrogen-bond donors (Lipinski definition) is 0. The van der Waals surface area contributed by atoms with Gasteiger partial charge in [-0.25, -0.2) is 0 Å². The molecule has 1 aliphatic heterocycles. The van der Waals surface area contributed by atoms with E-state index >= 15 is 0 Å². The Bertz CT molecular complexity index is 176. The van der Waals surface area contributed by atoms with Crippen LogP contribution in [0, 0.1) is 0 Å². The number of methoxy groups -OCH3 is 1. The third kappa shape index (κ3) is 3.81. The molecule has 76 valence electrons. The summed E-state index contributed by atoms with van der Waals surface area (Å²) in [6.45, 7) is 2.27. The highest BCUT2D eigenvalue weighted by atomic mass is 32.2. The van der Waals surface area contributed by atoms with Crippen molar-refractivity contribution in [3.05, 3.63) is 0 Å². The number of rotatable bonds is 4. The quantitative estimate of drug-likeness (QED) is 0.680. The highest BCUT2D eigenvalue weighted by molar-refractivity contribution is 8.21. The molecule has 2 nitrogen and oxygen atoms in total. The van der Waals surface area contributed by atoms with Gasteiger partial charge >= 0.3 is 5.97 Å². The van der Waals surface area contributed by atoms with Crippen molar-refractivity contribution in [2.75, 3.05) is 18.6 Å². The molecule has 1 saturated heterocycles. The zero-order valence-electron chi connectivity index (χ0n) is 8.17. The Balaban J connectivity index is 2.14. The van der Waals surface area contributed by atoms with Gasteiger partial charge in [-0.1, -0.05) is 0 Å². The maximum Gasteiger partial charge on any atom is 0.305 e. The first-order valence-corrected chi connectivity index (χ1v) is 6.48. The van der Waals surface area contributed by atoms with E-state index in [1.54, 1.807) is 0 Å². The fourth-order valence-corrected chi connectivity index (χ4v) is 4.30. The van der Waals surface area contributed by atoms with E-state index in [4.69, 9.17) is 0 Å². The van der Waals surface area contributed by atoms with Gasteiger partial charge in [0.05, 0.1) is 11.2 Å². The second kappa shape index (κ2) is 5.15. The summed E-state index contributed by atoms with van der Waals surface area (Å²) < 4.78 is 4.95. The van der Waals surface area contributed by atoms with Gasteiger partial charge < -0.3 is 4.74 Å². The van der Waals surface area contributed by atoms with E-state index in [2.05, 4.69) is 11.7 Å². The van der Waals surface area contributed by atoms with Crippen LogP contribution >= 0.6 is 23.5 Å². The fraction of sp³-hybridized carbons (Fsp3) is 0.889. The zero-order valence-corrected chi connectivity index (χ0v) is 9.80. The maximum absolute atomic E-state index is 10.9. The lowest BCUT2D eigenvalue weighted by atomic mass is 10.2. The van der Waals surface area contributed by atoms with Crippen molar-refractivity contribution in [1.82, 2.24) is 0 Å². The minimum Gasteiger partial charge on any atom is -0.469 e. The third-order valence-corrected chi connectivity index (χ3v) is 5.55. The molecule has 1 heterocycles. The molecule has 0 radical (unpaired) electrons. The van der Waals surface area contributed by atoms with Crippen molar-refractivity contribution < 1.29 is 9.53 Å². The van der Waals surface area contributed by atoms with Crippen molar-refractivity contribution in [2.24, 2.45) is 0 Å². The van der Waals surface area contributed by atoms with Gasteiger partial charge in [-0.15, -0.1) is 23.5 Å². The van der Waals surface area contributed by atoms with Crippen molar-refractivity contribution in [3.63, 3.8) is 0 Å². The first-order chi connectivity index (χ1) is 6.16. The van der Waals surface area contributed by atoms with Crippen molar-refractivity contribution in [3.8, 4) is 0 Å². The molecule has 1 rings (SSSR count). The topological polar surface area (TPSA) is 26.3 Å². The lowest BCUT2D eigenvalue weighted by Gasteiger charge is -2.20. The van der Waals surface area contributed by atoms with E-state index in [0.29, 0.717) is 10.5 Å². The van der Waals surface area contributed by atoms with Crippen LogP contribution in [0.15, 0.2) is 0 Å². The Morgan fingerprint density at radius 3 is 2.62 bits per heavy atom. The molecule has 0 spiro atoms. The second-order valence-corrected chi connectivity index (χ2v) is 6.71. The number of carbonyl (C=O) groups excluding carboxylic acids is 1. The van der Waals surface area contributed by atoms with Crippen LogP contribution in [0.3, 0.4) is 0 Å². The van der Waals surface area contributed by atoms with E-state index in [-0.39, 0.29) is 5.97 Å². The van der Waals surface area contributed by atoms with Crippen LogP contribution < -0.4 is 0 Å². The third-order valence-electron chi connectivity index (χ3n) is 2.14. The number of thioether (sulfide) groups is 2. The molecule has 0 aromatic heterocycles. The summed E-state index contributed by atoms with van der Waals surface area (Å²) in [5.74, 6) is 2.41. The summed E-state index contributed by atoms with van der Waals surface area (Å²) in [5, 5.41) is 0. The number of ether oxygens (including phenoxy) is 1. The molecule has 0 unspecified atom stereocenters. The highest BCUT2D eigenvalue weighted by Crippen LogP contribution is 2.46. The van der Waals surface area contributed by atoms with Crippen molar-refractivity contribution in [2.45, 2.75) is 30.3 Å². The summed E-state index contributed by atoms with van der Waals surface area (Å²) in [6.07, 6.45) is 2.62. The van der Waals surface area contributed by atoms with Gasteiger partial charge in [0, 0.05) is 17.9 Å². The first-order valence-electron chi connectivity index (χ1n) is 4.51. The normalized spacial score (nSPS) is 20.2. The van der Waals surface area contributed by atoms with Gasteiger partial charge in [-0.2, -0.15) is 0 Å². The summed E-state index contributed by atoms with van der Waals surface area (Å²) in [5.41, 5.74) is 0.